The van der Waals surface area contributed by atoms with Crippen LogP contribution in [0.3, 0.4) is 0 Å². The van der Waals surface area contributed by atoms with E-state index in [1.165, 1.54) is 5.56 Å². The van der Waals surface area contributed by atoms with Crippen LogP contribution >= 0.6 is 12.4 Å². The lowest BCUT2D eigenvalue weighted by Crippen LogP contribution is -2.17. The van der Waals surface area contributed by atoms with E-state index in [0.717, 1.165) is 17.2 Å². The van der Waals surface area contributed by atoms with E-state index in [1.807, 2.05) is 50.2 Å². The third kappa shape index (κ3) is 5.20. The molecule has 1 heterocycles. The number of aryl methyl sites for hydroxylation is 1. The molecule has 2 rings (SSSR count). The Morgan fingerprint density at radius 3 is 2.41 bits per heavy atom. The molecular weight excluding hydrogens is 300 g/mol. The standard InChI is InChI=1S/C17H22N2O2.ClH/c1-4-17(20)19-15-8-6-14(7-9-15)13(3)18-11-16-10-5-12(2)21-16;/h5-10,13,18H,4,11H2,1-3H3,(H,19,20);1H. The molecule has 0 aliphatic rings. The molecule has 120 valence electrons. The lowest BCUT2D eigenvalue weighted by Gasteiger charge is -2.14. The van der Waals surface area contributed by atoms with E-state index in [-0.39, 0.29) is 24.4 Å². The summed E-state index contributed by atoms with van der Waals surface area (Å²) in [5, 5.41) is 6.26. The molecule has 1 amide bonds. The predicted octanol–water partition coefficient (Wildman–Crippen LogP) is 4.21. The van der Waals surface area contributed by atoms with Crippen molar-refractivity contribution in [2.75, 3.05) is 5.32 Å². The number of benzene rings is 1. The minimum absolute atomic E-state index is 0. The highest BCUT2D eigenvalue weighted by Gasteiger charge is 2.07. The Labute approximate surface area is 137 Å². The van der Waals surface area contributed by atoms with Crippen LogP contribution in [0, 0.1) is 6.92 Å². The van der Waals surface area contributed by atoms with E-state index in [2.05, 4.69) is 17.6 Å². The van der Waals surface area contributed by atoms with Gasteiger partial charge in [-0.15, -0.1) is 12.4 Å². The first kappa shape index (κ1) is 18.3. The maximum Gasteiger partial charge on any atom is 0.224 e. The number of carbonyl (C=O) groups excluding carboxylic acids is 1. The Morgan fingerprint density at radius 1 is 1.18 bits per heavy atom. The average molecular weight is 323 g/mol. The van der Waals surface area contributed by atoms with E-state index in [0.29, 0.717) is 13.0 Å². The van der Waals surface area contributed by atoms with Crippen molar-refractivity contribution in [1.82, 2.24) is 5.32 Å². The van der Waals surface area contributed by atoms with Gasteiger partial charge in [-0.3, -0.25) is 4.79 Å². The van der Waals surface area contributed by atoms with Gasteiger partial charge in [-0.1, -0.05) is 19.1 Å². The van der Waals surface area contributed by atoms with Gasteiger partial charge in [0.15, 0.2) is 0 Å². The summed E-state index contributed by atoms with van der Waals surface area (Å²) < 4.78 is 5.53. The van der Waals surface area contributed by atoms with E-state index in [9.17, 15) is 4.79 Å². The average Bonchev–Trinajstić information content (AvgIpc) is 2.91. The van der Waals surface area contributed by atoms with Crippen LogP contribution in [-0.4, -0.2) is 5.91 Å². The summed E-state index contributed by atoms with van der Waals surface area (Å²) in [6.45, 7) is 6.58. The van der Waals surface area contributed by atoms with Gasteiger partial charge in [-0.2, -0.15) is 0 Å². The van der Waals surface area contributed by atoms with Crippen molar-refractivity contribution in [2.45, 2.75) is 39.8 Å². The molecule has 0 spiro atoms. The zero-order chi connectivity index (χ0) is 15.2. The fraction of sp³-hybridized carbons (Fsp3) is 0.353. The number of nitrogens with one attached hydrogen (secondary N) is 2. The topological polar surface area (TPSA) is 54.3 Å². The number of carbonyl (C=O) groups is 1. The Kier molecular flexibility index (Phi) is 7.15. The van der Waals surface area contributed by atoms with Gasteiger partial charge in [0.05, 0.1) is 6.54 Å². The molecule has 2 aromatic rings. The van der Waals surface area contributed by atoms with Gasteiger partial charge >= 0.3 is 0 Å². The first-order valence-electron chi connectivity index (χ1n) is 7.27. The van der Waals surface area contributed by atoms with Crippen molar-refractivity contribution in [3.63, 3.8) is 0 Å². The number of amides is 1. The minimum atomic E-state index is 0. The molecule has 0 fully saturated rings. The van der Waals surface area contributed by atoms with Crippen LogP contribution in [-0.2, 0) is 11.3 Å². The number of furan rings is 1. The molecule has 5 heteroatoms. The van der Waals surface area contributed by atoms with Crippen LogP contribution in [0.5, 0.6) is 0 Å². The van der Waals surface area contributed by atoms with Crippen LogP contribution in [0.2, 0.25) is 0 Å². The van der Waals surface area contributed by atoms with Gasteiger partial charge in [0, 0.05) is 18.2 Å². The molecule has 1 unspecified atom stereocenters. The summed E-state index contributed by atoms with van der Waals surface area (Å²) >= 11 is 0. The largest absolute Gasteiger partial charge is 0.465 e. The van der Waals surface area contributed by atoms with E-state index in [4.69, 9.17) is 4.42 Å². The first-order chi connectivity index (χ1) is 10.1. The SMILES string of the molecule is CCC(=O)Nc1ccc(C(C)NCc2ccc(C)o2)cc1.Cl. The van der Waals surface area contributed by atoms with E-state index in [1.54, 1.807) is 0 Å². The fourth-order valence-electron chi connectivity index (χ4n) is 2.06. The fourth-order valence-corrected chi connectivity index (χ4v) is 2.06. The van der Waals surface area contributed by atoms with Crippen LogP contribution < -0.4 is 10.6 Å². The summed E-state index contributed by atoms with van der Waals surface area (Å²) in [5.41, 5.74) is 2.01. The van der Waals surface area contributed by atoms with E-state index < -0.39 is 0 Å². The molecule has 0 saturated heterocycles. The second-order valence-corrected chi connectivity index (χ2v) is 5.14. The highest BCUT2D eigenvalue weighted by Crippen LogP contribution is 2.17. The number of hydrogen-bond donors (Lipinski definition) is 2. The highest BCUT2D eigenvalue weighted by atomic mass is 35.5. The Balaban J connectivity index is 0.00000242. The highest BCUT2D eigenvalue weighted by molar-refractivity contribution is 5.90. The number of halogens is 1. The molecule has 1 aromatic heterocycles. The first-order valence-corrected chi connectivity index (χ1v) is 7.27. The molecule has 0 bridgehead atoms. The van der Waals surface area contributed by atoms with Gasteiger partial charge in [0.25, 0.3) is 0 Å². The molecule has 2 N–H and O–H groups in total. The Hall–Kier alpha value is -1.78. The summed E-state index contributed by atoms with van der Waals surface area (Å²) in [5.74, 6) is 1.89. The Morgan fingerprint density at radius 2 is 1.86 bits per heavy atom. The molecular formula is C17H23ClN2O2. The second-order valence-electron chi connectivity index (χ2n) is 5.14. The monoisotopic (exact) mass is 322 g/mol. The molecule has 0 saturated carbocycles. The summed E-state index contributed by atoms with van der Waals surface area (Å²) in [7, 11) is 0. The smallest absolute Gasteiger partial charge is 0.224 e. The van der Waals surface area contributed by atoms with E-state index >= 15 is 0 Å². The summed E-state index contributed by atoms with van der Waals surface area (Å²) in [4.78, 5) is 11.3. The van der Waals surface area contributed by atoms with Crippen LogP contribution in [0.4, 0.5) is 5.69 Å². The summed E-state index contributed by atoms with van der Waals surface area (Å²) in [6, 6.07) is 12.1. The van der Waals surface area contributed by atoms with Crippen LogP contribution in [0.15, 0.2) is 40.8 Å². The van der Waals surface area contributed by atoms with Crippen molar-refractivity contribution < 1.29 is 9.21 Å². The predicted molar refractivity (Wildman–Crippen MR) is 91.3 cm³/mol. The third-order valence-electron chi connectivity index (χ3n) is 3.39. The molecule has 1 atom stereocenters. The molecule has 0 aliphatic carbocycles. The zero-order valence-electron chi connectivity index (χ0n) is 13.2. The van der Waals surface area contributed by atoms with Crippen molar-refractivity contribution in [1.29, 1.82) is 0 Å². The third-order valence-corrected chi connectivity index (χ3v) is 3.39. The minimum Gasteiger partial charge on any atom is -0.465 e. The number of hydrogen-bond acceptors (Lipinski definition) is 3. The zero-order valence-corrected chi connectivity index (χ0v) is 14.0. The van der Waals surface area contributed by atoms with Crippen LogP contribution in [0.1, 0.15) is 43.4 Å². The van der Waals surface area contributed by atoms with Gasteiger partial charge in [0.1, 0.15) is 11.5 Å². The maximum absolute atomic E-state index is 11.3. The van der Waals surface area contributed by atoms with Crippen molar-refractivity contribution in [3.05, 3.63) is 53.5 Å². The molecule has 22 heavy (non-hydrogen) atoms. The molecule has 0 aliphatic heterocycles. The van der Waals surface area contributed by atoms with Gasteiger partial charge in [0.2, 0.25) is 5.91 Å². The van der Waals surface area contributed by atoms with Crippen molar-refractivity contribution in [2.24, 2.45) is 0 Å². The van der Waals surface area contributed by atoms with Gasteiger partial charge in [-0.25, -0.2) is 0 Å². The normalized spacial score (nSPS) is 11.6. The van der Waals surface area contributed by atoms with Crippen molar-refractivity contribution >= 4 is 24.0 Å². The number of rotatable bonds is 6. The quantitative estimate of drug-likeness (QED) is 0.837. The lowest BCUT2D eigenvalue weighted by atomic mass is 10.1. The lowest BCUT2D eigenvalue weighted by molar-refractivity contribution is -0.115. The number of anilines is 1. The Bertz CT molecular complexity index is 593. The summed E-state index contributed by atoms with van der Waals surface area (Å²) in [6.07, 6.45) is 0.488. The van der Waals surface area contributed by atoms with Gasteiger partial charge < -0.3 is 15.1 Å². The molecule has 1 aromatic carbocycles. The van der Waals surface area contributed by atoms with Crippen molar-refractivity contribution in [3.8, 4) is 0 Å². The second kappa shape index (κ2) is 8.61. The maximum atomic E-state index is 11.3. The molecule has 4 nitrogen and oxygen atoms in total. The molecule has 0 radical (unpaired) electrons. The van der Waals surface area contributed by atoms with Crippen LogP contribution in [0.25, 0.3) is 0 Å². The van der Waals surface area contributed by atoms with Gasteiger partial charge in [-0.05, 0) is 43.7 Å².